The molecule has 2 atom stereocenters. The number of carbonyl (C=O) groups excluding carboxylic acids is 1. The lowest BCUT2D eigenvalue weighted by molar-refractivity contribution is -0.130. The summed E-state index contributed by atoms with van der Waals surface area (Å²) in [5.41, 5.74) is 17.2. The Morgan fingerprint density at radius 1 is 1.07 bits per heavy atom. The monoisotopic (exact) mass is 702 g/mol. The number of nitrogens with zero attached hydrogens (tertiary/aromatic N) is 4. The third-order valence-electron chi connectivity index (χ3n) is 7.47. The lowest BCUT2D eigenvalue weighted by atomic mass is 9.81. The molecule has 3 N–H and O–H groups in total. The Bertz CT molecular complexity index is 1730. The van der Waals surface area contributed by atoms with Gasteiger partial charge in [-0.1, -0.05) is 87.2 Å². The molecule has 46 heavy (non-hydrogen) atoms. The average Bonchev–Trinajstić information content (AvgIpc) is 3.46. The van der Waals surface area contributed by atoms with E-state index in [1.165, 1.54) is 0 Å². The standard InChI is InChI=1S/C34H32BrClN6O4/c35-29-8-3-1-6-25(29)22-34(33(44)41-38-19-18-23-10-14-26(36)15-11-23)31(28-7-2-4-9-30(28)40-42-37)46-32(39-34)24-12-16-27(17-13-24)45-21-5-20-43/h1-4,6-17,31,38,43H,5,18-22H2,(H,41,44)/t31-,34-/m0/s1. The molecule has 10 nitrogen and oxygen atoms in total. The number of amides is 1. The molecule has 1 aliphatic rings. The van der Waals surface area contributed by atoms with Gasteiger partial charge in [0.25, 0.3) is 5.91 Å². The zero-order chi connectivity index (χ0) is 32.4. The van der Waals surface area contributed by atoms with Crippen LogP contribution in [0.4, 0.5) is 5.69 Å². The first-order chi connectivity index (χ1) is 22.4. The van der Waals surface area contributed by atoms with Gasteiger partial charge < -0.3 is 14.6 Å². The Hall–Kier alpha value is -4.38. The maximum atomic E-state index is 14.4. The number of benzene rings is 4. The van der Waals surface area contributed by atoms with E-state index in [9.17, 15) is 10.3 Å². The topological polar surface area (TPSA) is 141 Å². The van der Waals surface area contributed by atoms with Crippen molar-refractivity contribution in [3.8, 4) is 5.75 Å². The van der Waals surface area contributed by atoms with E-state index in [4.69, 9.17) is 31.2 Å². The van der Waals surface area contributed by atoms with E-state index in [2.05, 4.69) is 36.8 Å². The van der Waals surface area contributed by atoms with E-state index in [1.54, 1.807) is 48.5 Å². The highest BCUT2D eigenvalue weighted by Gasteiger charge is 2.54. The number of hydrogen-bond acceptors (Lipinski definition) is 7. The van der Waals surface area contributed by atoms with Crippen LogP contribution in [0.3, 0.4) is 0 Å². The largest absolute Gasteiger partial charge is 0.494 e. The van der Waals surface area contributed by atoms with Crippen LogP contribution in [-0.2, 0) is 22.4 Å². The number of halogens is 2. The van der Waals surface area contributed by atoms with Crippen molar-refractivity contribution < 1.29 is 19.4 Å². The number of carbonyl (C=O) groups is 1. The molecule has 1 aliphatic heterocycles. The Morgan fingerprint density at radius 2 is 1.80 bits per heavy atom. The van der Waals surface area contributed by atoms with Gasteiger partial charge in [-0.25, -0.2) is 10.4 Å². The van der Waals surface area contributed by atoms with Gasteiger partial charge >= 0.3 is 0 Å². The predicted octanol–water partition coefficient (Wildman–Crippen LogP) is 7.17. The van der Waals surface area contributed by atoms with Crippen LogP contribution in [0.25, 0.3) is 10.4 Å². The fraction of sp³-hybridized carbons (Fsp3) is 0.235. The SMILES string of the molecule is [N-]=[N+]=Nc1ccccc1[C@@H]1OC(c2ccc(OCCCO)cc2)=N[C@]1(Cc1ccccc1Br)C(=O)NNCCc1ccc(Cl)cc1. The molecule has 1 amide bonds. The van der Waals surface area contributed by atoms with Crippen molar-refractivity contribution in [2.75, 3.05) is 19.8 Å². The van der Waals surface area contributed by atoms with Gasteiger partial charge in [-0.2, -0.15) is 0 Å². The molecule has 5 rings (SSSR count). The summed E-state index contributed by atoms with van der Waals surface area (Å²) < 4.78 is 13.1. The molecule has 0 aliphatic carbocycles. The first kappa shape index (κ1) is 33.0. The number of ether oxygens (including phenoxy) is 2. The summed E-state index contributed by atoms with van der Waals surface area (Å²) in [5.74, 6) is 0.466. The number of azide groups is 1. The summed E-state index contributed by atoms with van der Waals surface area (Å²) in [6.45, 7) is 0.874. The number of aliphatic imine (C=N–C) groups is 1. The van der Waals surface area contributed by atoms with E-state index in [1.807, 2.05) is 48.5 Å². The van der Waals surface area contributed by atoms with Gasteiger partial charge in [-0.3, -0.25) is 10.2 Å². The van der Waals surface area contributed by atoms with E-state index in [-0.39, 0.29) is 18.9 Å². The van der Waals surface area contributed by atoms with Crippen LogP contribution in [0.2, 0.25) is 5.02 Å². The number of aliphatic hydroxyl groups is 1. The van der Waals surface area contributed by atoms with Gasteiger partial charge in [-0.05, 0) is 65.5 Å². The molecule has 12 heteroatoms. The minimum absolute atomic E-state index is 0.0408. The maximum Gasteiger partial charge on any atom is 0.266 e. The molecular formula is C34H32BrClN6O4. The smallest absolute Gasteiger partial charge is 0.266 e. The maximum absolute atomic E-state index is 14.4. The molecule has 236 valence electrons. The van der Waals surface area contributed by atoms with Crippen molar-refractivity contribution in [3.63, 3.8) is 0 Å². The number of aliphatic hydroxyl groups excluding tert-OH is 1. The molecule has 0 radical (unpaired) electrons. The molecule has 0 fully saturated rings. The second kappa shape index (κ2) is 15.8. The summed E-state index contributed by atoms with van der Waals surface area (Å²) >= 11 is 9.66. The minimum atomic E-state index is -1.51. The Labute approximate surface area is 280 Å². The third kappa shape index (κ3) is 7.88. The number of nitrogens with one attached hydrogen (secondary N) is 2. The molecule has 0 saturated carbocycles. The van der Waals surface area contributed by atoms with Crippen LogP contribution in [0.15, 0.2) is 112 Å². The lowest BCUT2D eigenvalue weighted by Gasteiger charge is -2.31. The van der Waals surface area contributed by atoms with Gasteiger partial charge in [0, 0.05) is 57.2 Å². The molecule has 0 aromatic heterocycles. The molecule has 1 heterocycles. The van der Waals surface area contributed by atoms with Crippen molar-refractivity contribution in [3.05, 3.63) is 139 Å². The van der Waals surface area contributed by atoms with Crippen molar-refractivity contribution in [2.45, 2.75) is 30.9 Å². The molecule has 0 unspecified atom stereocenters. The molecule has 4 aromatic rings. The second-order valence-corrected chi connectivity index (χ2v) is 11.9. The number of rotatable bonds is 14. The van der Waals surface area contributed by atoms with Crippen molar-refractivity contribution in [2.24, 2.45) is 10.1 Å². The summed E-state index contributed by atoms with van der Waals surface area (Å²) in [6, 6.07) is 29.4. The van der Waals surface area contributed by atoms with Crippen molar-refractivity contribution in [1.82, 2.24) is 10.9 Å². The highest BCUT2D eigenvalue weighted by atomic mass is 79.9. The molecule has 0 bridgehead atoms. The molecule has 0 spiro atoms. The van der Waals surface area contributed by atoms with Gasteiger partial charge in [-0.15, -0.1) is 0 Å². The first-order valence-electron chi connectivity index (χ1n) is 14.7. The van der Waals surface area contributed by atoms with Crippen LogP contribution in [0.1, 0.15) is 34.8 Å². The van der Waals surface area contributed by atoms with Crippen LogP contribution in [0, 0.1) is 0 Å². The molecular weight excluding hydrogens is 672 g/mol. The minimum Gasteiger partial charge on any atom is -0.494 e. The van der Waals surface area contributed by atoms with Crippen LogP contribution in [-0.4, -0.2) is 42.2 Å². The van der Waals surface area contributed by atoms with Gasteiger partial charge in [0.2, 0.25) is 5.90 Å². The van der Waals surface area contributed by atoms with Crippen molar-refractivity contribution >= 4 is 45.0 Å². The normalized spacial score (nSPS) is 17.0. The number of hydrazine groups is 1. The third-order valence-corrected chi connectivity index (χ3v) is 8.50. The van der Waals surface area contributed by atoms with Gasteiger partial charge in [0.15, 0.2) is 11.6 Å². The zero-order valence-corrected chi connectivity index (χ0v) is 27.1. The van der Waals surface area contributed by atoms with E-state index in [0.717, 1.165) is 15.6 Å². The lowest BCUT2D eigenvalue weighted by Crippen LogP contribution is -2.54. The Balaban J connectivity index is 1.53. The predicted molar refractivity (Wildman–Crippen MR) is 181 cm³/mol. The first-order valence-corrected chi connectivity index (χ1v) is 15.9. The fourth-order valence-corrected chi connectivity index (χ4v) is 5.70. The summed E-state index contributed by atoms with van der Waals surface area (Å²) in [6.07, 6.45) is 0.384. The quantitative estimate of drug-likeness (QED) is 0.0420. The molecule has 0 saturated heterocycles. The highest BCUT2D eigenvalue weighted by molar-refractivity contribution is 9.10. The second-order valence-electron chi connectivity index (χ2n) is 10.6. The van der Waals surface area contributed by atoms with Crippen LogP contribution < -0.4 is 15.6 Å². The van der Waals surface area contributed by atoms with Gasteiger partial charge in [0.05, 0.1) is 6.61 Å². The van der Waals surface area contributed by atoms with E-state index < -0.39 is 17.6 Å². The summed E-state index contributed by atoms with van der Waals surface area (Å²) in [5, 5.41) is 13.6. The number of hydrogen-bond donors (Lipinski definition) is 3. The summed E-state index contributed by atoms with van der Waals surface area (Å²) in [7, 11) is 0. The molecule has 4 aromatic carbocycles. The summed E-state index contributed by atoms with van der Waals surface area (Å²) in [4.78, 5) is 22.5. The van der Waals surface area contributed by atoms with E-state index >= 15 is 0 Å². The van der Waals surface area contributed by atoms with E-state index in [0.29, 0.717) is 53.6 Å². The highest BCUT2D eigenvalue weighted by Crippen LogP contribution is 2.46. The average molecular weight is 704 g/mol. The van der Waals surface area contributed by atoms with Gasteiger partial charge in [0.1, 0.15) is 5.75 Å². The zero-order valence-electron chi connectivity index (χ0n) is 24.8. The Morgan fingerprint density at radius 3 is 2.54 bits per heavy atom. The Kier molecular flexibility index (Phi) is 11.3. The van der Waals surface area contributed by atoms with Crippen molar-refractivity contribution in [1.29, 1.82) is 0 Å². The fourth-order valence-electron chi connectivity index (χ4n) is 5.15. The van der Waals surface area contributed by atoms with Crippen LogP contribution >= 0.6 is 27.5 Å². The van der Waals surface area contributed by atoms with Crippen LogP contribution in [0.5, 0.6) is 5.75 Å².